The molecular formula is C12H24O. The van der Waals surface area contributed by atoms with Crippen LogP contribution in [0.4, 0.5) is 0 Å². The number of ether oxygens (including phenoxy) is 1. The fourth-order valence-electron chi connectivity index (χ4n) is 2.56. The monoisotopic (exact) mass is 184 g/mol. The Morgan fingerprint density at radius 3 is 1.69 bits per heavy atom. The van der Waals surface area contributed by atoms with Crippen molar-refractivity contribution < 1.29 is 4.74 Å². The molecule has 1 saturated carbocycles. The molecule has 0 radical (unpaired) electrons. The van der Waals surface area contributed by atoms with Crippen molar-refractivity contribution in [3.8, 4) is 0 Å². The molecule has 1 unspecified atom stereocenters. The van der Waals surface area contributed by atoms with Gasteiger partial charge in [-0.25, -0.2) is 0 Å². The van der Waals surface area contributed by atoms with Gasteiger partial charge in [-0.3, -0.25) is 0 Å². The zero-order chi connectivity index (χ0) is 10.3. The van der Waals surface area contributed by atoms with E-state index in [1.807, 2.05) is 7.11 Å². The van der Waals surface area contributed by atoms with Crippen LogP contribution < -0.4 is 0 Å². The third-order valence-corrected chi connectivity index (χ3v) is 4.51. The van der Waals surface area contributed by atoms with Crippen LogP contribution in [0.3, 0.4) is 0 Å². The highest BCUT2D eigenvalue weighted by atomic mass is 16.5. The first-order chi connectivity index (χ1) is 5.82. The molecule has 1 aliphatic rings. The largest absolute Gasteiger partial charge is 0.379 e. The summed E-state index contributed by atoms with van der Waals surface area (Å²) in [6, 6.07) is 0. The molecule has 78 valence electrons. The molecule has 0 heterocycles. The predicted octanol–water partition coefficient (Wildman–Crippen LogP) is 3.48. The van der Waals surface area contributed by atoms with Gasteiger partial charge in [0.1, 0.15) is 0 Å². The average molecular weight is 184 g/mol. The average Bonchev–Trinajstić information content (AvgIpc) is 2.01. The molecule has 0 aromatic carbocycles. The Morgan fingerprint density at radius 2 is 1.38 bits per heavy atom. The van der Waals surface area contributed by atoms with Crippen molar-refractivity contribution in [1.82, 2.24) is 0 Å². The van der Waals surface area contributed by atoms with Crippen molar-refractivity contribution in [2.24, 2.45) is 17.3 Å². The number of hydrogen-bond donors (Lipinski definition) is 0. The summed E-state index contributed by atoms with van der Waals surface area (Å²) >= 11 is 0. The molecule has 0 bridgehead atoms. The third-order valence-electron chi connectivity index (χ3n) is 4.51. The summed E-state index contributed by atoms with van der Waals surface area (Å²) in [6.45, 7) is 11.7. The maximum Gasteiger partial charge on any atom is 0.0656 e. The van der Waals surface area contributed by atoms with E-state index in [9.17, 15) is 0 Å². The van der Waals surface area contributed by atoms with Crippen LogP contribution in [0.5, 0.6) is 0 Å². The van der Waals surface area contributed by atoms with Gasteiger partial charge in [-0.1, -0.05) is 27.7 Å². The van der Waals surface area contributed by atoms with Crippen LogP contribution in [0.15, 0.2) is 0 Å². The van der Waals surface area contributed by atoms with Gasteiger partial charge in [0.05, 0.1) is 5.60 Å². The molecule has 0 aromatic heterocycles. The van der Waals surface area contributed by atoms with Crippen LogP contribution in [0.25, 0.3) is 0 Å². The first-order valence-corrected chi connectivity index (χ1v) is 5.37. The van der Waals surface area contributed by atoms with Crippen molar-refractivity contribution in [1.29, 1.82) is 0 Å². The second kappa shape index (κ2) is 3.27. The lowest BCUT2D eigenvalue weighted by Gasteiger charge is -2.49. The first kappa shape index (κ1) is 11.0. The van der Waals surface area contributed by atoms with Gasteiger partial charge >= 0.3 is 0 Å². The van der Waals surface area contributed by atoms with Crippen molar-refractivity contribution in [2.75, 3.05) is 7.11 Å². The normalized spacial score (nSPS) is 44.8. The molecule has 0 spiro atoms. The number of rotatable bonds is 1. The van der Waals surface area contributed by atoms with Crippen molar-refractivity contribution in [3.05, 3.63) is 0 Å². The Bertz CT molecular complexity index is 170. The molecule has 3 atom stereocenters. The predicted molar refractivity (Wildman–Crippen MR) is 56.8 cm³/mol. The van der Waals surface area contributed by atoms with Gasteiger partial charge in [0.25, 0.3) is 0 Å². The van der Waals surface area contributed by atoms with E-state index in [2.05, 4.69) is 34.6 Å². The van der Waals surface area contributed by atoms with Gasteiger partial charge in [0, 0.05) is 7.11 Å². The Balaban J connectivity index is 2.79. The Kier molecular flexibility index (Phi) is 2.78. The molecule has 0 amide bonds. The van der Waals surface area contributed by atoms with Gasteiger partial charge in [-0.2, -0.15) is 0 Å². The summed E-state index contributed by atoms with van der Waals surface area (Å²) in [5.74, 6) is 1.50. The summed E-state index contributed by atoms with van der Waals surface area (Å²) in [5, 5.41) is 0. The molecule has 1 aliphatic carbocycles. The van der Waals surface area contributed by atoms with Gasteiger partial charge in [-0.05, 0) is 37.0 Å². The van der Waals surface area contributed by atoms with Crippen LogP contribution in [0, 0.1) is 17.3 Å². The molecule has 1 heteroatoms. The summed E-state index contributed by atoms with van der Waals surface area (Å²) in [4.78, 5) is 0. The molecule has 1 fully saturated rings. The number of methoxy groups -OCH3 is 1. The van der Waals surface area contributed by atoms with Crippen molar-refractivity contribution in [2.45, 2.75) is 53.1 Å². The maximum atomic E-state index is 5.61. The summed E-state index contributed by atoms with van der Waals surface area (Å²) in [5.41, 5.74) is 0.590. The Morgan fingerprint density at radius 1 is 1.00 bits per heavy atom. The summed E-state index contributed by atoms with van der Waals surface area (Å²) < 4.78 is 5.61. The molecule has 0 saturated heterocycles. The summed E-state index contributed by atoms with van der Waals surface area (Å²) in [6.07, 6.45) is 2.39. The maximum absolute atomic E-state index is 5.61. The van der Waals surface area contributed by atoms with E-state index < -0.39 is 0 Å². The highest BCUT2D eigenvalue weighted by Gasteiger charge is 2.44. The zero-order valence-electron chi connectivity index (χ0n) is 9.98. The Labute approximate surface area is 82.9 Å². The van der Waals surface area contributed by atoms with E-state index in [-0.39, 0.29) is 5.60 Å². The highest BCUT2D eigenvalue weighted by Crippen LogP contribution is 2.49. The minimum atomic E-state index is 0.119. The van der Waals surface area contributed by atoms with Gasteiger partial charge in [0.2, 0.25) is 0 Å². The lowest BCUT2D eigenvalue weighted by molar-refractivity contribution is -0.0961. The fraction of sp³-hybridized carbons (Fsp3) is 1.00. The summed E-state index contributed by atoms with van der Waals surface area (Å²) in [7, 11) is 1.84. The second-order valence-electron chi connectivity index (χ2n) is 5.69. The van der Waals surface area contributed by atoms with E-state index in [4.69, 9.17) is 4.74 Å². The van der Waals surface area contributed by atoms with E-state index >= 15 is 0 Å². The van der Waals surface area contributed by atoms with Crippen LogP contribution in [0.1, 0.15) is 47.5 Å². The minimum absolute atomic E-state index is 0.119. The quantitative estimate of drug-likeness (QED) is 0.606. The highest BCUT2D eigenvalue weighted by molar-refractivity contribution is 4.95. The van der Waals surface area contributed by atoms with Gasteiger partial charge in [0.15, 0.2) is 0 Å². The minimum Gasteiger partial charge on any atom is -0.379 e. The van der Waals surface area contributed by atoms with Crippen molar-refractivity contribution >= 4 is 0 Å². The topological polar surface area (TPSA) is 9.23 Å². The van der Waals surface area contributed by atoms with E-state index in [0.717, 1.165) is 11.8 Å². The fourth-order valence-corrected chi connectivity index (χ4v) is 2.56. The SMILES string of the molecule is COC1(C)C[C@@H](C)C(C)(C)[C@@H](C)C1. The van der Waals surface area contributed by atoms with Gasteiger partial charge < -0.3 is 4.74 Å². The molecule has 1 nitrogen and oxygen atoms in total. The molecular weight excluding hydrogens is 160 g/mol. The lowest BCUT2D eigenvalue weighted by Crippen LogP contribution is -2.46. The van der Waals surface area contributed by atoms with E-state index in [1.54, 1.807) is 0 Å². The lowest BCUT2D eigenvalue weighted by atomic mass is 9.59. The van der Waals surface area contributed by atoms with Crippen LogP contribution in [-0.4, -0.2) is 12.7 Å². The van der Waals surface area contributed by atoms with E-state index in [0.29, 0.717) is 5.41 Å². The smallest absolute Gasteiger partial charge is 0.0656 e. The second-order valence-corrected chi connectivity index (χ2v) is 5.69. The zero-order valence-corrected chi connectivity index (χ0v) is 9.98. The van der Waals surface area contributed by atoms with Crippen molar-refractivity contribution in [3.63, 3.8) is 0 Å². The number of hydrogen-bond acceptors (Lipinski definition) is 1. The molecule has 0 aliphatic heterocycles. The standard InChI is InChI=1S/C12H24O/c1-9-7-12(5,13-6)8-10(2)11(9,3)4/h9-10H,7-8H2,1-6H3/t9-,10+,12?. The molecule has 1 rings (SSSR count). The molecule has 13 heavy (non-hydrogen) atoms. The van der Waals surface area contributed by atoms with Crippen LogP contribution in [0.2, 0.25) is 0 Å². The molecule has 0 aromatic rings. The Hall–Kier alpha value is -0.0400. The van der Waals surface area contributed by atoms with Crippen LogP contribution in [-0.2, 0) is 4.74 Å². The van der Waals surface area contributed by atoms with Gasteiger partial charge in [-0.15, -0.1) is 0 Å². The third kappa shape index (κ3) is 1.90. The first-order valence-electron chi connectivity index (χ1n) is 5.37. The van der Waals surface area contributed by atoms with Crippen LogP contribution >= 0.6 is 0 Å². The molecule has 0 N–H and O–H groups in total. The van der Waals surface area contributed by atoms with E-state index in [1.165, 1.54) is 12.8 Å².